The molecule has 0 bridgehead atoms. The van der Waals surface area contributed by atoms with Crippen molar-refractivity contribution >= 4 is 0 Å². The summed E-state index contributed by atoms with van der Waals surface area (Å²) in [5.74, 6) is 3.89. The van der Waals surface area contributed by atoms with Gasteiger partial charge in [0.25, 0.3) is 0 Å². The molecule has 1 unspecified atom stereocenters. The first-order valence-electron chi connectivity index (χ1n) is 9.25. The Morgan fingerprint density at radius 1 is 1.19 bits per heavy atom. The van der Waals surface area contributed by atoms with Gasteiger partial charge in [-0.3, -0.25) is 4.90 Å². The number of hydrogen-bond donors (Lipinski definition) is 0. The molecule has 0 N–H and O–H groups in total. The van der Waals surface area contributed by atoms with Crippen molar-refractivity contribution in [1.82, 2.24) is 19.7 Å². The average molecular weight is 358 g/mol. The van der Waals surface area contributed by atoms with E-state index in [0.29, 0.717) is 5.92 Å². The highest BCUT2D eigenvalue weighted by Gasteiger charge is 2.28. The van der Waals surface area contributed by atoms with Crippen molar-refractivity contribution in [3.8, 4) is 11.5 Å². The maximum absolute atomic E-state index is 5.56. The fraction of sp³-hybridized carbons (Fsp3) is 0.579. The summed E-state index contributed by atoms with van der Waals surface area (Å²) in [5, 5.41) is 4.82. The van der Waals surface area contributed by atoms with E-state index in [-0.39, 0.29) is 12.8 Å². The van der Waals surface area contributed by atoms with Crippen molar-refractivity contribution < 1.29 is 14.2 Å². The largest absolute Gasteiger partial charge is 0.454 e. The first-order chi connectivity index (χ1) is 12.7. The topological polar surface area (TPSA) is 61.6 Å². The number of fused-ring (bicyclic) bond motifs is 1. The molecule has 140 valence electrons. The van der Waals surface area contributed by atoms with Crippen LogP contribution in [0, 0.1) is 0 Å². The van der Waals surface area contributed by atoms with Crippen molar-refractivity contribution in [3.63, 3.8) is 0 Å². The van der Waals surface area contributed by atoms with Crippen molar-refractivity contribution in [2.45, 2.75) is 38.3 Å². The summed E-state index contributed by atoms with van der Waals surface area (Å²) in [5.41, 5.74) is 1.12. The van der Waals surface area contributed by atoms with Crippen molar-refractivity contribution in [3.05, 3.63) is 35.4 Å². The van der Waals surface area contributed by atoms with Gasteiger partial charge in [0.1, 0.15) is 5.82 Å². The Morgan fingerprint density at radius 2 is 1.96 bits per heavy atom. The second-order valence-electron chi connectivity index (χ2n) is 7.01. The molecule has 0 spiro atoms. The zero-order valence-electron chi connectivity index (χ0n) is 15.6. The van der Waals surface area contributed by atoms with Crippen LogP contribution < -0.4 is 9.47 Å². The van der Waals surface area contributed by atoms with Crippen LogP contribution >= 0.6 is 0 Å². The number of nitrogens with zero attached hydrogens (tertiary/aromatic N) is 4. The average Bonchev–Trinajstić information content (AvgIpc) is 3.29. The molecule has 1 fully saturated rings. The maximum Gasteiger partial charge on any atom is 0.231 e. The summed E-state index contributed by atoms with van der Waals surface area (Å²) in [6, 6.07) is 6.11. The Hall–Kier alpha value is -2.12. The standard InChI is InChI=1S/C19H26N4O3/c1-4-23-19(20-18(21-23)13-7-9-24-10-8-13)17(22(2)3)14-5-6-15-16(11-14)26-12-25-15/h5-6,11,13,17H,4,7-10,12H2,1-3H3. The number of aryl methyl sites for hydroxylation is 1. The molecule has 2 aliphatic rings. The van der Waals surface area contributed by atoms with Gasteiger partial charge in [0, 0.05) is 25.7 Å². The van der Waals surface area contributed by atoms with Gasteiger partial charge in [-0.15, -0.1) is 0 Å². The molecule has 2 aliphatic heterocycles. The van der Waals surface area contributed by atoms with Crippen LogP contribution in [-0.4, -0.2) is 53.8 Å². The SMILES string of the molecule is CCn1nc(C2CCOCC2)nc1C(c1ccc2c(c1)OCO2)N(C)C. The van der Waals surface area contributed by atoms with Gasteiger partial charge in [0.15, 0.2) is 17.3 Å². The molecule has 7 heteroatoms. The summed E-state index contributed by atoms with van der Waals surface area (Å²) in [6.45, 7) is 4.77. The molecule has 0 aliphatic carbocycles. The van der Waals surface area contributed by atoms with E-state index in [0.717, 1.165) is 61.3 Å². The van der Waals surface area contributed by atoms with Crippen LogP contribution in [0.1, 0.15) is 48.9 Å². The minimum Gasteiger partial charge on any atom is -0.454 e. The Kier molecular flexibility index (Phi) is 4.82. The molecule has 0 radical (unpaired) electrons. The van der Waals surface area contributed by atoms with Crippen LogP contribution in [0.5, 0.6) is 11.5 Å². The summed E-state index contributed by atoms with van der Waals surface area (Å²) in [6.07, 6.45) is 1.98. The van der Waals surface area contributed by atoms with Gasteiger partial charge >= 0.3 is 0 Å². The molecule has 4 rings (SSSR count). The summed E-state index contributed by atoms with van der Waals surface area (Å²) < 4.78 is 18.5. The molecular weight excluding hydrogens is 332 g/mol. The van der Waals surface area contributed by atoms with E-state index < -0.39 is 0 Å². The lowest BCUT2D eigenvalue weighted by Gasteiger charge is -2.24. The summed E-state index contributed by atoms with van der Waals surface area (Å²) in [7, 11) is 4.14. The molecule has 2 aromatic rings. The monoisotopic (exact) mass is 358 g/mol. The van der Waals surface area contributed by atoms with Crippen molar-refractivity contribution in [2.75, 3.05) is 34.1 Å². The van der Waals surface area contributed by atoms with Gasteiger partial charge < -0.3 is 14.2 Å². The highest BCUT2D eigenvalue weighted by Crippen LogP contribution is 2.37. The molecule has 1 aromatic carbocycles. The number of aromatic nitrogens is 3. The lowest BCUT2D eigenvalue weighted by Crippen LogP contribution is -2.25. The minimum atomic E-state index is 0.00513. The Bertz CT molecular complexity index is 768. The van der Waals surface area contributed by atoms with E-state index >= 15 is 0 Å². The van der Waals surface area contributed by atoms with Crippen LogP contribution in [-0.2, 0) is 11.3 Å². The molecule has 1 saturated heterocycles. The van der Waals surface area contributed by atoms with Gasteiger partial charge in [-0.2, -0.15) is 5.10 Å². The highest BCUT2D eigenvalue weighted by molar-refractivity contribution is 5.46. The Morgan fingerprint density at radius 3 is 2.69 bits per heavy atom. The van der Waals surface area contributed by atoms with Gasteiger partial charge in [-0.05, 0) is 51.6 Å². The third kappa shape index (κ3) is 3.17. The summed E-state index contributed by atoms with van der Waals surface area (Å²) >= 11 is 0. The van der Waals surface area contributed by atoms with Crippen LogP contribution in [0.15, 0.2) is 18.2 Å². The van der Waals surface area contributed by atoms with Gasteiger partial charge in [-0.25, -0.2) is 9.67 Å². The zero-order chi connectivity index (χ0) is 18.1. The molecule has 1 atom stereocenters. The van der Waals surface area contributed by atoms with E-state index in [4.69, 9.17) is 24.3 Å². The van der Waals surface area contributed by atoms with E-state index in [1.807, 2.05) is 10.7 Å². The normalized spacial score (nSPS) is 18.5. The third-order valence-corrected chi connectivity index (χ3v) is 5.08. The van der Waals surface area contributed by atoms with Gasteiger partial charge in [-0.1, -0.05) is 6.07 Å². The van der Waals surface area contributed by atoms with E-state index in [2.05, 4.69) is 38.1 Å². The van der Waals surface area contributed by atoms with E-state index in [1.165, 1.54) is 0 Å². The lowest BCUT2D eigenvalue weighted by atomic mass is 10.00. The Balaban J connectivity index is 1.71. The van der Waals surface area contributed by atoms with Crippen molar-refractivity contribution in [1.29, 1.82) is 0 Å². The highest BCUT2D eigenvalue weighted by atomic mass is 16.7. The second kappa shape index (κ2) is 7.25. The van der Waals surface area contributed by atoms with Crippen LogP contribution in [0.4, 0.5) is 0 Å². The van der Waals surface area contributed by atoms with Crippen molar-refractivity contribution in [2.24, 2.45) is 0 Å². The van der Waals surface area contributed by atoms with Crippen LogP contribution in [0.2, 0.25) is 0 Å². The fourth-order valence-electron chi connectivity index (χ4n) is 3.70. The van der Waals surface area contributed by atoms with Crippen LogP contribution in [0.3, 0.4) is 0 Å². The predicted octanol–water partition coefficient (Wildman–Crippen LogP) is 2.57. The lowest BCUT2D eigenvalue weighted by molar-refractivity contribution is 0.0835. The maximum atomic E-state index is 5.56. The smallest absolute Gasteiger partial charge is 0.231 e. The predicted molar refractivity (Wildman–Crippen MR) is 96.6 cm³/mol. The molecular formula is C19H26N4O3. The molecule has 3 heterocycles. The molecule has 0 saturated carbocycles. The first-order valence-corrected chi connectivity index (χ1v) is 9.25. The van der Waals surface area contributed by atoms with Crippen LogP contribution in [0.25, 0.3) is 0 Å². The molecule has 26 heavy (non-hydrogen) atoms. The quantitative estimate of drug-likeness (QED) is 0.819. The summed E-state index contributed by atoms with van der Waals surface area (Å²) in [4.78, 5) is 7.15. The molecule has 1 aromatic heterocycles. The first kappa shape index (κ1) is 17.3. The third-order valence-electron chi connectivity index (χ3n) is 5.08. The van der Waals surface area contributed by atoms with Gasteiger partial charge in [0.05, 0.1) is 6.04 Å². The van der Waals surface area contributed by atoms with E-state index in [9.17, 15) is 0 Å². The van der Waals surface area contributed by atoms with E-state index in [1.54, 1.807) is 0 Å². The second-order valence-corrected chi connectivity index (χ2v) is 7.01. The molecule has 0 amide bonds. The molecule has 7 nitrogen and oxygen atoms in total. The zero-order valence-corrected chi connectivity index (χ0v) is 15.6. The number of benzene rings is 1. The fourth-order valence-corrected chi connectivity index (χ4v) is 3.70. The van der Waals surface area contributed by atoms with Gasteiger partial charge in [0.2, 0.25) is 6.79 Å². The number of hydrogen-bond acceptors (Lipinski definition) is 6. The number of rotatable bonds is 5. The number of ether oxygens (including phenoxy) is 3. The Labute approximate surface area is 153 Å². The minimum absolute atomic E-state index is 0.00513.